The molecule has 3 aromatic carbocycles. The number of H-pyrrole nitrogens is 1. The molecule has 9 nitrogen and oxygen atoms in total. The molecule has 1 atom stereocenters. The highest BCUT2D eigenvalue weighted by atomic mass is 19.1. The van der Waals surface area contributed by atoms with Crippen LogP contribution in [0.15, 0.2) is 59.0 Å². The summed E-state index contributed by atoms with van der Waals surface area (Å²) in [7, 11) is 0. The molecule has 0 aliphatic carbocycles. The molecule has 1 aliphatic rings. The number of hydrogen-bond acceptors (Lipinski definition) is 6. The Hall–Kier alpha value is -5.45. The van der Waals surface area contributed by atoms with Crippen LogP contribution in [-0.4, -0.2) is 37.4 Å². The number of nitrogens with zero attached hydrogens (tertiary/aromatic N) is 3. The Morgan fingerprint density at radius 2 is 1.79 bits per heavy atom. The van der Waals surface area contributed by atoms with Crippen LogP contribution < -0.4 is 5.32 Å². The number of hydrogen-bond donors (Lipinski definition) is 3. The predicted octanol–water partition coefficient (Wildman–Crippen LogP) is 5.92. The molecule has 11 heteroatoms. The Labute approximate surface area is 237 Å². The van der Waals surface area contributed by atoms with Gasteiger partial charge in [0.25, 0.3) is 5.91 Å². The first-order chi connectivity index (χ1) is 20.2. The number of aromatic amines is 1. The van der Waals surface area contributed by atoms with Crippen LogP contribution >= 0.6 is 0 Å². The van der Waals surface area contributed by atoms with Crippen LogP contribution in [0.25, 0.3) is 34.7 Å². The van der Waals surface area contributed by atoms with E-state index in [0.717, 1.165) is 22.8 Å². The standard InChI is InChI=1S/C31H23F2N5O4/c1-15-11-16(2)21-14-25(34-29(39)22(21)12-15)28-27(18-5-8-20(31(40)41)23(33)13-18)24(35-37-28)9-10-26-36-38-30(42-26)17-3-6-19(32)7-4-17/h3-13,25H,14H2,1-2H3,(H,34,39)(H,35,37)(H,40,41)/b10-9+. The van der Waals surface area contributed by atoms with Gasteiger partial charge in [0.15, 0.2) is 0 Å². The van der Waals surface area contributed by atoms with Crippen LogP contribution in [0, 0.1) is 25.5 Å². The molecule has 2 aromatic heterocycles. The number of carbonyl (C=O) groups excluding carboxylic acids is 1. The number of nitrogens with one attached hydrogen (secondary N) is 2. The van der Waals surface area contributed by atoms with Gasteiger partial charge in [0.05, 0.1) is 23.0 Å². The molecule has 6 rings (SSSR count). The molecular weight excluding hydrogens is 544 g/mol. The quantitative estimate of drug-likeness (QED) is 0.232. The zero-order chi connectivity index (χ0) is 29.5. The number of aromatic carboxylic acids is 1. The normalized spacial score (nSPS) is 14.7. The zero-order valence-corrected chi connectivity index (χ0v) is 22.4. The molecule has 0 saturated heterocycles. The van der Waals surface area contributed by atoms with Crippen LogP contribution in [0.4, 0.5) is 8.78 Å². The average molecular weight is 568 g/mol. The van der Waals surface area contributed by atoms with E-state index in [1.165, 1.54) is 42.5 Å². The van der Waals surface area contributed by atoms with Crippen molar-refractivity contribution in [3.8, 4) is 22.6 Å². The van der Waals surface area contributed by atoms with E-state index in [2.05, 4.69) is 25.7 Å². The molecule has 0 spiro atoms. The van der Waals surface area contributed by atoms with Gasteiger partial charge in [-0.05, 0) is 85.5 Å². The number of aromatic nitrogens is 4. The summed E-state index contributed by atoms with van der Waals surface area (Å²) < 4.78 is 33.8. The minimum absolute atomic E-state index is 0.142. The summed E-state index contributed by atoms with van der Waals surface area (Å²) in [4.78, 5) is 24.5. The van der Waals surface area contributed by atoms with E-state index in [1.807, 2.05) is 26.0 Å². The Morgan fingerprint density at radius 3 is 2.52 bits per heavy atom. The SMILES string of the molecule is Cc1cc(C)c2c(c1)C(=O)NC(c1[nH]nc(/C=C/c3nnc(-c4ccc(F)cc4)o3)c1-c1ccc(C(=O)O)c(F)c1)C2. The summed E-state index contributed by atoms with van der Waals surface area (Å²) in [6.45, 7) is 3.88. The Kier molecular flexibility index (Phi) is 6.69. The van der Waals surface area contributed by atoms with E-state index in [4.69, 9.17) is 4.42 Å². The van der Waals surface area contributed by atoms with Crippen LogP contribution in [0.1, 0.15) is 60.7 Å². The average Bonchev–Trinajstić information content (AvgIpc) is 3.60. The summed E-state index contributed by atoms with van der Waals surface area (Å²) in [6, 6.07) is 12.7. The second-order valence-electron chi connectivity index (χ2n) is 10.0. The highest BCUT2D eigenvalue weighted by molar-refractivity contribution is 5.98. The van der Waals surface area contributed by atoms with Crippen LogP contribution in [-0.2, 0) is 6.42 Å². The van der Waals surface area contributed by atoms with Crippen molar-refractivity contribution in [2.24, 2.45) is 0 Å². The molecule has 42 heavy (non-hydrogen) atoms. The number of benzene rings is 3. The second-order valence-corrected chi connectivity index (χ2v) is 10.0. The topological polar surface area (TPSA) is 134 Å². The molecule has 3 N–H and O–H groups in total. The molecule has 210 valence electrons. The minimum atomic E-state index is -1.39. The molecule has 1 amide bonds. The molecular formula is C31H23F2N5O4. The first kappa shape index (κ1) is 26.8. The van der Waals surface area contributed by atoms with Crippen molar-refractivity contribution in [2.75, 3.05) is 0 Å². The highest BCUT2D eigenvalue weighted by Crippen LogP contribution is 2.36. The molecule has 1 aliphatic heterocycles. The van der Waals surface area contributed by atoms with E-state index in [1.54, 1.807) is 6.08 Å². The van der Waals surface area contributed by atoms with Crippen molar-refractivity contribution in [1.29, 1.82) is 0 Å². The van der Waals surface area contributed by atoms with Crippen LogP contribution in [0.2, 0.25) is 0 Å². The number of amides is 1. The third-order valence-corrected chi connectivity index (χ3v) is 7.15. The predicted molar refractivity (Wildman–Crippen MR) is 149 cm³/mol. The van der Waals surface area contributed by atoms with Gasteiger partial charge >= 0.3 is 5.97 Å². The van der Waals surface area contributed by atoms with E-state index in [-0.39, 0.29) is 17.7 Å². The molecule has 3 heterocycles. The van der Waals surface area contributed by atoms with Crippen molar-refractivity contribution < 1.29 is 27.9 Å². The van der Waals surface area contributed by atoms with Gasteiger partial charge in [-0.1, -0.05) is 17.7 Å². The number of carboxylic acids is 1. The molecule has 5 aromatic rings. The molecule has 0 bridgehead atoms. The third-order valence-electron chi connectivity index (χ3n) is 7.15. The van der Waals surface area contributed by atoms with Gasteiger partial charge in [-0.3, -0.25) is 9.89 Å². The Morgan fingerprint density at radius 1 is 1.02 bits per heavy atom. The molecule has 1 unspecified atom stereocenters. The second kappa shape index (κ2) is 10.5. The Balaban J connectivity index is 1.40. The maximum absolute atomic E-state index is 14.8. The summed E-state index contributed by atoms with van der Waals surface area (Å²) in [5.74, 6) is -2.59. The fourth-order valence-corrected chi connectivity index (χ4v) is 5.19. The van der Waals surface area contributed by atoms with Gasteiger partial charge in [-0.15, -0.1) is 10.2 Å². The van der Waals surface area contributed by atoms with Gasteiger partial charge in [0.2, 0.25) is 11.8 Å². The first-order valence-electron chi connectivity index (χ1n) is 13.0. The lowest BCUT2D eigenvalue weighted by molar-refractivity contribution is 0.0691. The Bertz CT molecular complexity index is 1890. The lowest BCUT2D eigenvalue weighted by Gasteiger charge is -2.27. The van der Waals surface area contributed by atoms with E-state index in [9.17, 15) is 23.5 Å². The number of rotatable bonds is 6. The number of carboxylic acid groups (broad SMARTS) is 1. The zero-order valence-electron chi connectivity index (χ0n) is 22.4. The summed E-state index contributed by atoms with van der Waals surface area (Å²) >= 11 is 0. The minimum Gasteiger partial charge on any atom is -0.478 e. The number of halogens is 2. The summed E-state index contributed by atoms with van der Waals surface area (Å²) in [5.41, 5.74) is 5.27. The fourth-order valence-electron chi connectivity index (χ4n) is 5.19. The van der Waals surface area contributed by atoms with E-state index >= 15 is 0 Å². The number of carbonyl (C=O) groups is 2. The number of fused-ring (bicyclic) bond motifs is 1. The van der Waals surface area contributed by atoms with Crippen LogP contribution in [0.5, 0.6) is 0 Å². The van der Waals surface area contributed by atoms with Gasteiger partial charge in [0.1, 0.15) is 11.6 Å². The summed E-state index contributed by atoms with van der Waals surface area (Å²) in [5, 5.41) is 27.8. The van der Waals surface area contributed by atoms with Crippen LogP contribution in [0.3, 0.4) is 0 Å². The smallest absolute Gasteiger partial charge is 0.338 e. The first-order valence-corrected chi connectivity index (χ1v) is 13.0. The molecule has 0 fully saturated rings. The lowest BCUT2D eigenvalue weighted by atomic mass is 9.87. The van der Waals surface area contributed by atoms with Crippen molar-refractivity contribution in [1.82, 2.24) is 25.7 Å². The van der Waals surface area contributed by atoms with E-state index in [0.29, 0.717) is 40.1 Å². The maximum Gasteiger partial charge on any atom is 0.338 e. The van der Waals surface area contributed by atoms with Gasteiger partial charge in [-0.2, -0.15) is 5.10 Å². The summed E-state index contributed by atoms with van der Waals surface area (Å²) in [6.07, 6.45) is 3.58. The largest absolute Gasteiger partial charge is 0.478 e. The van der Waals surface area contributed by atoms with Crippen molar-refractivity contribution >= 4 is 24.0 Å². The maximum atomic E-state index is 14.8. The van der Waals surface area contributed by atoms with Crippen molar-refractivity contribution in [2.45, 2.75) is 26.3 Å². The molecule has 0 radical (unpaired) electrons. The monoisotopic (exact) mass is 567 g/mol. The lowest BCUT2D eigenvalue weighted by Crippen LogP contribution is -2.36. The third kappa shape index (κ3) is 4.96. The van der Waals surface area contributed by atoms with Crippen molar-refractivity contribution in [3.63, 3.8) is 0 Å². The van der Waals surface area contributed by atoms with Gasteiger partial charge < -0.3 is 14.8 Å². The highest BCUT2D eigenvalue weighted by Gasteiger charge is 2.31. The molecule has 0 saturated carbocycles. The van der Waals surface area contributed by atoms with Crippen molar-refractivity contribution in [3.05, 3.63) is 111 Å². The van der Waals surface area contributed by atoms with Gasteiger partial charge in [0, 0.05) is 22.8 Å². The fraction of sp³-hybridized carbons (Fsp3) is 0.129. The number of aryl methyl sites for hydroxylation is 2. The van der Waals surface area contributed by atoms with Gasteiger partial charge in [-0.25, -0.2) is 13.6 Å². The van der Waals surface area contributed by atoms with E-state index < -0.39 is 29.2 Å².